The molecule has 0 aliphatic carbocycles. The number of phenols is 2. The van der Waals surface area contributed by atoms with Crippen LogP contribution in [0.15, 0.2) is 12.1 Å². The maximum atomic E-state index is 9.66. The predicted octanol–water partition coefficient (Wildman–Crippen LogP) is -4.67. The quantitative estimate of drug-likeness (QED) is 0.171. The highest BCUT2D eigenvalue weighted by Crippen LogP contribution is 2.35. The Morgan fingerprint density at radius 3 is 1.92 bits per heavy atom. The van der Waals surface area contributed by atoms with Crippen LogP contribution in [0.2, 0.25) is 0 Å². The molecule has 2 amide bonds. The molecule has 2 rings (SSSR count). The molecule has 0 spiro atoms. The Kier molecular flexibility index (Phi) is 11.7. The minimum atomic E-state index is -1.25. The van der Waals surface area contributed by atoms with E-state index in [4.69, 9.17) is 19.8 Å². The Labute approximate surface area is 163 Å². The highest BCUT2D eigenvalue weighted by molar-refractivity contribution is 5.61. The number of halogens is 1. The van der Waals surface area contributed by atoms with Crippen molar-refractivity contribution < 1.29 is 58.5 Å². The summed E-state index contributed by atoms with van der Waals surface area (Å²) in [7, 11) is 6.92. The monoisotopic (exact) mass is 469 g/mol. The lowest BCUT2D eigenvalue weighted by Gasteiger charge is -2.35. The molecule has 0 atom stereocenters. The van der Waals surface area contributed by atoms with Gasteiger partial charge in [0.15, 0.2) is 11.5 Å². The molecule has 0 unspecified atom stereocenters. The fourth-order valence-electron chi connectivity index (χ4n) is 2.05. The number of carbonyl (C=O) groups excluding carboxylic acids is 2. The Morgan fingerprint density at radius 2 is 1.52 bits per heavy atom. The number of phenolic OH excluding ortho intramolecular Hbond substituents is 2. The van der Waals surface area contributed by atoms with E-state index in [9.17, 15) is 10.2 Å². The van der Waals surface area contributed by atoms with Crippen LogP contribution in [-0.2, 0) is 13.0 Å². The molecule has 0 fully saturated rings. The summed E-state index contributed by atoms with van der Waals surface area (Å²) in [6.07, 6.45) is -1.65. The number of amides is 2. The van der Waals surface area contributed by atoms with Gasteiger partial charge in [-0.3, -0.25) is 0 Å². The average Bonchev–Trinajstić information content (AvgIpc) is 2.51. The van der Waals surface area contributed by atoms with E-state index in [0.29, 0.717) is 0 Å². The van der Waals surface area contributed by atoms with Gasteiger partial charge < -0.3 is 69.1 Å². The first-order valence-electron chi connectivity index (χ1n) is 7.16. The van der Waals surface area contributed by atoms with Crippen LogP contribution in [0.3, 0.4) is 0 Å². The minimum Gasteiger partial charge on any atom is -1.00 e. The van der Waals surface area contributed by atoms with Crippen molar-refractivity contribution in [3.05, 3.63) is 23.3 Å². The summed E-state index contributed by atoms with van der Waals surface area (Å²) in [6, 6.07) is 3.48. The van der Waals surface area contributed by atoms with Crippen LogP contribution >= 0.6 is 0 Å². The summed E-state index contributed by atoms with van der Waals surface area (Å²) < 4.78 is 0.942. The number of hydrogen-bond donors (Lipinski definition) is 4. The molecule has 4 N–H and O–H groups in total. The van der Waals surface area contributed by atoms with Crippen molar-refractivity contribution in [2.75, 3.05) is 34.7 Å². The third-order valence-corrected chi connectivity index (χ3v) is 3.33. The first-order chi connectivity index (χ1) is 11.0. The third kappa shape index (κ3) is 9.82. The Hall–Kier alpha value is -1.95. The maximum absolute atomic E-state index is 9.66. The lowest BCUT2D eigenvalue weighted by atomic mass is 9.97. The van der Waals surface area contributed by atoms with Gasteiger partial charge in [-0.2, -0.15) is 0 Å². The number of rotatable bonds is 0. The van der Waals surface area contributed by atoms with Gasteiger partial charge in [0.2, 0.25) is 0 Å². The second-order valence-electron chi connectivity index (χ2n) is 5.71. The van der Waals surface area contributed by atoms with E-state index in [-0.39, 0.29) is 35.5 Å². The number of nitrogens with zero attached hydrogens (tertiary/aromatic N) is 1. The number of hydrogen-bond acceptors (Lipinski definition) is 6. The van der Waals surface area contributed by atoms with E-state index in [0.717, 1.165) is 35.1 Å². The van der Waals surface area contributed by atoms with E-state index >= 15 is 0 Å². The zero-order valence-corrected chi connectivity index (χ0v) is 16.8. The third-order valence-electron chi connectivity index (χ3n) is 3.33. The van der Waals surface area contributed by atoms with Gasteiger partial charge in [0.1, 0.15) is 18.7 Å². The van der Waals surface area contributed by atoms with Gasteiger partial charge in [0, 0.05) is 31.6 Å². The van der Waals surface area contributed by atoms with E-state index in [1.165, 1.54) is 14.1 Å². The molecule has 0 bridgehead atoms. The van der Waals surface area contributed by atoms with Gasteiger partial charge in [-0.15, -0.1) is 0 Å². The zero-order chi connectivity index (χ0) is 18.9. The van der Waals surface area contributed by atoms with Crippen LogP contribution in [0.4, 0.5) is 9.59 Å². The molecule has 1 heterocycles. The molecule has 0 aromatic heterocycles. The van der Waals surface area contributed by atoms with Crippen molar-refractivity contribution in [3.8, 4) is 11.5 Å². The molecule has 1 aromatic carbocycles. The number of quaternary nitrogens is 1. The number of nitrogens with one attached hydrogen (secondary N) is 2. The van der Waals surface area contributed by atoms with E-state index < -0.39 is 12.2 Å². The average molecular weight is 469 g/mol. The molecular formula is C15H24IN3O6-2. The van der Waals surface area contributed by atoms with Crippen LogP contribution in [-0.4, -0.2) is 61.6 Å². The van der Waals surface area contributed by atoms with E-state index in [1.54, 1.807) is 6.07 Å². The van der Waals surface area contributed by atoms with Gasteiger partial charge in [0.25, 0.3) is 0 Å². The van der Waals surface area contributed by atoms with Gasteiger partial charge in [0.05, 0.1) is 20.6 Å². The van der Waals surface area contributed by atoms with E-state index in [1.807, 2.05) is 16.7 Å². The predicted molar refractivity (Wildman–Crippen MR) is 83.1 cm³/mol. The number of aromatic hydroxyl groups is 2. The van der Waals surface area contributed by atoms with Crippen molar-refractivity contribution in [2.24, 2.45) is 0 Å². The largest absolute Gasteiger partial charge is 1.00 e. The molecule has 0 radical (unpaired) electrons. The van der Waals surface area contributed by atoms with Crippen molar-refractivity contribution in [1.82, 2.24) is 10.6 Å². The highest BCUT2D eigenvalue weighted by atomic mass is 127. The highest BCUT2D eigenvalue weighted by Gasteiger charge is 2.26. The summed E-state index contributed by atoms with van der Waals surface area (Å²) in [4.78, 5) is 18.3. The summed E-state index contributed by atoms with van der Waals surface area (Å²) in [5, 5.41) is 41.0. The maximum Gasteiger partial charge on any atom is 0.161 e. The number of likely N-dealkylation sites (N-methyl/N-ethyl adjacent to an activating group) is 1. The number of benzene rings is 1. The topological polar surface area (TPSA) is 145 Å². The van der Waals surface area contributed by atoms with Crippen molar-refractivity contribution in [2.45, 2.75) is 13.0 Å². The van der Waals surface area contributed by atoms with Crippen molar-refractivity contribution >= 4 is 12.2 Å². The summed E-state index contributed by atoms with van der Waals surface area (Å²) in [6.45, 7) is 1.92. The number of carboxylic acid groups (broad SMARTS) is 2. The molecule has 1 aliphatic rings. The molecule has 0 saturated carbocycles. The van der Waals surface area contributed by atoms with Crippen LogP contribution < -0.4 is 44.8 Å². The number of carbonyl (C=O) groups is 2. The SMILES string of the molecule is CNC(=O)[O-].CNC(=O)[O-].C[N+]1(C)CCc2c(ccc(O)c2O)C1.[I-]. The molecule has 1 aromatic rings. The lowest BCUT2D eigenvalue weighted by molar-refractivity contribution is -0.905. The van der Waals surface area contributed by atoms with Crippen LogP contribution in [0.25, 0.3) is 0 Å². The minimum absolute atomic E-state index is 0. The first kappa shape index (κ1) is 25.3. The standard InChI is InChI=1S/C11H15NO2.2C2H5NO2.HI/c1-12(2)6-5-9-8(7-12)3-4-10(13)11(9)14;2*1-3-2(4)5;/h3-4H,5-7H2,1-2H3,(H-,13,14);2*3H,1H3,(H,4,5);1H/p-2. The molecule has 9 nitrogen and oxygen atoms in total. The van der Waals surface area contributed by atoms with Crippen LogP contribution in [0.1, 0.15) is 11.1 Å². The smallest absolute Gasteiger partial charge is 0.161 e. The second-order valence-corrected chi connectivity index (χ2v) is 5.71. The fraction of sp³-hybridized carbons (Fsp3) is 0.467. The lowest BCUT2D eigenvalue weighted by Crippen LogP contribution is -3.00. The normalized spacial score (nSPS) is 13.3. The number of fused-ring (bicyclic) bond motifs is 1. The van der Waals surface area contributed by atoms with Crippen LogP contribution in [0, 0.1) is 0 Å². The molecular weight excluding hydrogens is 445 g/mol. The second kappa shape index (κ2) is 11.6. The molecule has 0 saturated heterocycles. The van der Waals surface area contributed by atoms with Crippen LogP contribution in [0.5, 0.6) is 11.5 Å². The van der Waals surface area contributed by atoms with E-state index in [2.05, 4.69) is 14.1 Å². The Bertz CT molecular complexity index is 567. The van der Waals surface area contributed by atoms with Gasteiger partial charge in [-0.25, -0.2) is 0 Å². The summed E-state index contributed by atoms with van der Waals surface area (Å²) >= 11 is 0. The Morgan fingerprint density at radius 1 is 1.08 bits per heavy atom. The zero-order valence-electron chi connectivity index (χ0n) is 14.6. The summed E-state index contributed by atoms with van der Waals surface area (Å²) in [5.74, 6) is 0.0677. The molecule has 25 heavy (non-hydrogen) atoms. The molecule has 1 aliphatic heterocycles. The van der Waals surface area contributed by atoms with Gasteiger partial charge in [-0.05, 0) is 12.1 Å². The van der Waals surface area contributed by atoms with Crippen molar-refractivity contribution in [3.63, 3.8) is 0 Å². The Balaban J connectivity index is 0. The van der Waals surface area contributed by atoms with Gasteiger partial charge >= 0.3 is 0 Å². The summed E-state index contributed by atoms with van der Waals surface area (Å²) in [5.41, 5.74) is 2.07. The first-order valence-corrected chi connectivity index (χ1v) is 7.16. The molecule has 144 valence electrons. The van der Waals surface area contributed by atoms with Crippen molar-refractivity contribution in [1.29, 1.82) is 0 Å². The fourth-order valence-corrected chi connectivity index (χ4v) is 2.05. The van der Waals surface area contributed by atoms with Gasteiger partial charge in [-0.1, -0.05) is 0 Å². The molecule has 10 heteroatoms.